The molecule has 1 N–H and O–H groups in total. The summed E-state index contributed by atoms with van der Waals surface area (Å²) in [6.07, 6.45) is 5.81. The van der Waals surface area contributed by atoms with E-state index in [1.54, 1.807) is 0 Å². The lowest BCUT2D eigenvalue weighted by atomic mass is 9.70. The van der Waals surface area contributed by atoms with Gasteiger partial charge in [-0.15, -0.1) is 0 Å². The largest absolute Gasteiger partial charge is 0.395 e. The standard InChI is InChI=1S/C13H17ClO/c14-12-7-3-2-6-11(12)13(10-15)8-4-1-5-9-13/h2-3,6-7,15H,1,4-5,8-10H2. The Morgan fingerprint density at radius 2 is 1.80 bits per heavy atom. The molecule has 1 fully saturated rings. The minimum absolute atomic E-state index is 0.0728. The summed E-state index contributed by atoms with van der Waals surface area (Å²) < 4.78 is 0. The Hall–Kier alpha value is -0.530. The van der Waals surface area contributed by atoms with Crippen LogP contribution in [0.3, 0.4) is 0 Å². The lowest BCUT2D eigenvalue weighted by Crippen LogP contribution is -2.33. The van der Waals surface area contributed by atoms with Crippen LogP contribution in [0.4, 0.5) is 0 Å². The van der Waals surface area contributed by atoms with Gasteiger partial charge in [-0.2, -0.15) is 0 Å². The monoisotopic (exact) mass is 224 g/mol. The van der Waals surface area contributed by atoms with Gasteiger partial charge in [-0.25, -0.2) is 0 Å². The number of halogens is 1. The maximum Gasteiger partial charge on any atom is 0.0528 e. The van der Waals surface area contributed by atoms with Gasteiger partial charge in [0.1, 0.15) is 0 Å². The van der Waals surface area contributed by atoms with Gasteiger partial charge in [0.05, 0.1) is 6.61 Å². The zero-order valence-electron chi connectivity index (χ0n) is 8.88. The van der Waals surface area contributed by atoms with Crippen LogP contribution in [0.25, 0.3) is 0 Å². The minimum Gasteiger partial charge on any atom is -0.395 e. The third-order valence-electron chi connectivity index (χ3n) is 3.56. The maximum absolute atomic E-state index is 9.66. The molecule has 0 unspecified atom stereocenters. The predicted octanol–water partition coefficient (Wildman–Crippen LogP) is 3.53. The van der Waals surface area contributed by atoms with Gasteiger partial charge >= 0.3 is 0 Å². The molecule has 2 heteroatoms. The van der Waals surface area contributed by atoms with Crippen LogP contribution in [0.1, 0.15) is 37.7 Å². The van der Waals surface area contributed by atoms with Crippen LogP contribution in [0.5, 0.6) is 0 Å². The highest BCUT2D eigenvalue weighted by molar-refractivity contribution is 6.31. The molecule has 0 heterocycles. The minimum atomic E-state index is -0.0728. The van der Waals surface area contributed by atoms with Crippen LogP contribution in [0, 0.1) is 0 Å². The molecule has 2 rings (SSSR count). The Morgan fingerprint density at radius 3 is 2.40 bits per heavy atom. The van der Waals surface area contributed by atoms with Crippen molar-refractivity contribution in [2.45, 2.75) is 37.5 Å². The van der Waals surface area contributed by atoms with Crippen molar-refractivity contribution in [1.82, 2.24) is 0 Å². The molecule has 1 aliphatic carbocycles. The summed E-state index contributed by atoms with van der Waals surface area (Å²) in [5.74, 6) is 0. The molecular weight excluding hydrogens is 208 g/mol. The Morgan fingerprint density at radius 1 is 1.13 bits per heavy atom. The third kappa shape index (κ3) is 2.04. The van der Waals surface area contributed by atoms with E-state index in [0.29, 0.717) is 0 Å². The van der Waals surface area contributed by atoms with E-state index in [-0.39, 0.29) is 12.0 Å². The molecule has 0 spiro atoms. The second kappa shape index (κ2) is 4.54. The zero-order valence-corrected chi connectivity index (χ0v) is 9.63. The van der Waals surface area contributed by atoms with Crippen LogP contribution in [0.2, 0.25) is 5.02 Å². The average molecular weight is 225 g/mol. The summed E-state index contributed by atoms with van der Waals surface area (Å²) in [6.45, 7) is 0.219. The second-order valence-electron chi connectivity index (χ2n) is 4.48. The van der Waals surface area contributed by atoms with Crippen molar-refractivity contribution < 1.29 is 5.11 Å². The zero-order chi connectivity index (χ0) is 10.7. The van der Waals surface area contributed by atoms with Crippen LogP contribution in [-0.4, -0.2) is 11.7 Å². The fourth-order valence-electron chi connectivity index (χ4n) is 2.63. The van der Waals surface area contributed by atoms with Crippen molar-refractivity contribution in [1.29, 1.82) is 0 Å². The molecule has 82 valence electrons. The Kier molecular flexibility index (Phi) is 3.32. The highest BCUT2D eigenvalue weighted by Crippen LogP contribution is 2.41. The van der Waals surface area contributed by atoms with E-state index >= 15 is 0 Å². The smallest absolute Gasteiger partial charge is 0.0528 e. The van der Waals surface area contributed by atoms with E-state index in [4.69, 9.17) is 11.6 Å². The van der Waals surface area contributed by atoms with E-state index in [2.05, 4.69) is 6.07 Å². The first kappa shape index (κ1) is 11.0. The molecule has 15 heavy (non-hydrogen) atoms. The van der Waals surface area contributed by atoms with Gasteiger partial charge in [0.2, 0.25) is 0 Å². The molecule has 1 nitrogen and oxygen atoms in total. The van der Waals surface area contributed by atoms with E-state index in [1.165, 1.54) is 19.3 Å². The highest BCUT2D eigenvalue weighted by Gasteiger charge is 2.34. The van der Waals surface area contributed by atoms with Gasteiger partial charge in [0.15, 0.2) is 0 Å². The number of benzene rings is 1. The lowest BCUT2D eigenvalue weighted by Gasteiger charge is -2.36. The van der Waals surface area contributed by atoms with Crippen molar-refractivity contribution >= 4 is 11.6 Å². The van der Waals surface area contributed by atoms with Crippen LogP contribution in [-0.2, 0) is 5.41 Å². The first-order valence-corrected chi connectivity index (χ1v) is 6.02. The summed E-state index contributed by atoms with van der Waals surface area (Å²) in [6, 6.07) is 7.93. The molecule has 1 aromatic carbocycles. The van der Waals surface area contributed by atoms with Gasteiger partial charge in [-0.3, -0.25) is 0 Å². The van der Waals surface area contributed by atoms with Crippen molar-refractivity contribution in [3.63, 3.8) is 0 Å². The summed E-state index contributed by atoms with van der Waals surface area (Å²) in [7, 11) is 0. The molecule has 1 aliphatic rings. The summed E-state index contributed by atoms with van der Waals surface area (Å²) in [5, 5.41) is 10.5. The normalized spacial score (nSPS) is 20.1. The summed E-state index contributed by atoms with van der Waals surface area (Å²) in [5.41, 5.74) is 1.06. The lowest BCUT2D eigenvalue weighted by molar-refractivity contribution is 0.152. The molecule has 1 aromatic rings. The van der Waals surface area contributed by atoms with Crippen molar-refractivity contribution in [3.05, 3.63) is 34.9 Å². The van der Waals surface area contributed by atoms with Crippen molar-refractivity contribution in [2.75, 3.05) is 6.61 Å². The van der Waals surface area contributed by atoms with Gasteiger partial charge in [0.25, 0.3) is 0 Å². The fraction of sp³-hybridized carbons (Fsp3) is 0.538. The van der Waals surface area contributed by atoms with Gasteiger partial charge in [0, 0.05) is 10.4 Å². The van der Waals surface area contributed by atoms with Crippen LogP contribution >= 0.6 is 11.6 Å². The molecule has 0 aromatic heterocycles. The highest BCUT2D eigenvalue weighted by atomic mass is 35.5. The Labute approximate surface area is 96.1 Å². The van der Waals surface area contributed by atoms with Crippen LogP contribution < -0.4 is 0 Å². The number of aliphatic hydroxyl groups excluding tert-OH is 1. The fourth-order valence-corrected chi connectivity index (χ4v) is 2.97. The number of hydrogen-bond donors (Lipinski definition) is 1. The molecule has 0 radical (unpaired) electrons. The van der Waals surface area contributed by atoms with Gasteiger partial charge in [-0.05, 0) is 24.5 Å². The van der Waals surface area contributed by atoms with E-state index in [9.17, 15) is 5.11 Å². The molecule has 0 atom stereocenters. The van der Waals surface area contributed by atoms with Gasteiger partial charge < -0.3 is 5.11 Å². The van der Waals surface area contributed by atoms with E-state index in [0.717, 1.165) is 23.4 Å². The molecule has 0 bridgehead atoms. The summed E-state index contributed by atoms with van der Waals surface area (Å²) in [4.78, 5) is 0. The molecular formula is C13H17ClO. The first-order chi connectivity index (χ1) is 7.28. The predicted molar refractivity (Wildman–Crippen MR) is 63.3 cm³/mol. The Bertz CT molecular complexity index is 329. The molecule has 0 saturated heterocycles. The number of aliphatic hydroxyl groups is 1. The van der Waals surface area contributed by atoms with Gasteiger partial charge in [-0.1, -0.05) is 49.1 Å². The van der Waals surface area contributed by atoms with Crippen molar-refractivity contribution in [2.24, 2.45) is 0 Å². The second-order valence-corrected chi connectivity index (χ2v) is 4.89. The maximum atomic E-state index is 9.66. The van der Waals surface area contributed by atoms with E-state index in [1.807, 2.05) is 18.2 Å². The topological polar surface area (TPSA) is 20.2 Å². The van der Waals surface area contributed by atoms with Crippen molar-refractivity contribution in [3.8, 4) is 0 Å². The van der Waals surface area contributed by atoms with E-state index < -0.39 is 0 Å². The molecule has 1 saturated carbocycles. The summed E-state index contributed by atoms with van der Waals surface area (Å²) >= 11 is 6.21. The first-order valence-electron chi connectivity index (χ1n) is 5.64. The molecule has 0 amide bonds. The number of rotatable bonds is 2. The number of hydrogen-bond acceptors (Lipinski definition) is 1. The van der Waals surface area contributed by atoms with Crippen LogP contribution in [0.15, 0.2) is 24.3 Å². The Balaban J connectivity index is 2.36. The average Bonchev–Trinajstić information content (AvgIpc) is 2.30. The SMILES string of the molecule is OCC1(c2ccccc2Cl)CCCCC1. The molecule has 0 aliphatic heterocycles. The quantitative estimate of drug-likeness (QED) is 0.815. The third-order valence-corrected chi connectivity index (χ3v) is 3.89.